The van der Waals surface area contributed by atoms with Gasteiger partial charge in [-0.25, -0.2) is 14.8 Å². The Morgan fingerprint density at radius 2 is 1.88 bits per heavy atom. The van der Waals surface area contributed by atoms with Crippen LogP contribution in [-0.4, -0.2) is 34.6 Å². The fourth-order valence-corrected chi connectivity index (χ4v) is 3.71. The van der Waals surface area contributed by atoms with Crippen molar-refractivity contribution >= 4 is 33.8 Å². The number of H-pyrrole nitrogens is 1. The van der Waals surface area contributed by atoms with Gasteiger partial charge in [-0.05, 0) is 24.3 Å². The number of aromatic amines is 1. The van der Waals surface area contributed by atoms with E-state index in [1.807, 2.05) is 42.5 Å². The Morgan fingerprint density at radius 3 is 2.69 bits per heavy atom. The lowest BCUT2D eigenvalue weighted by Crippen LogP contribution is -2.37. The molecule has 2 aromatic carbocycles. The highest BCUT2D eigenvalue weighted by Gasteiger charge is 2.16. The molecular weight excluding hydrogens is 410 g/mol. The minimum absolute atomic E-state index is 0.126. The van der Waals surface area contributed by atoms with Gasteiger partial charge < -0.3 is 14.9 Å². The van der Waals surface area contributed by atoms with Crippen LogP contribution in [0, 0.1) is 0 Å². The Labute approximate surface area is 180 Å². The molecule has 2 N–H and O–H groups in total. The van der Waals surface area contributed by atoms with E-state index in [4.69, 9.17) is 0 Å². The van der Waals surface area contributed by atoms with Crippen LogP contribution in [0.1, 0.15) is 0 Å². The summed E-state index contributed by atoms with van der Waals surface area (Å²) < 4.78 is 3.71. The van der Waals surface area contributed by atoms with Crippen LogP contribution in [0.3, 0.4) is 0 Å². The molecule has 3 heterocycles. The highest BCUT2D eigenvalue weighted by molar-refractivity contribution is 5.92. The first kappa shape index (κ1) is 19.5. The molecule has 5 rings (SSSR count). The number of hydrogen-bond acceptors (Lipinski definition) is 5. The van der Waals surface area contributed by atoms with Gasteiger partial charge in [0.25, 0.3) is 5.56 Å². The second-order valence-electron chi connectivity index (χ2n) is 7.48. The molecule has 0 saturated heterocycles. The van der Waals surface area contributed by atoms with E-state index in [1.165, 1.54) is 29.6 Å². The lowest BCUT2D eigenvalue weighted by Gasteiger charge is -2.09. The average Bonchev–Trinajstić information content (AvgIpc) is 3.41. The van der Waals surface area contributed by atoms with Crippen molar-refractivity contribution in [1.29, 1.82) is 0 Å². The van der Waals surface area contributed by atoms with Gasteiger partial charge in [-0.1, -0.05) is 24.3 Å². The van der Waals surface area contributed by atoms with Crippen molar-refractivity contribution in [2.45, 2.75) is 6.54 Å². The Hall–Kier alpha value is -4.47. The minimum atomic E-state index is -0.500. The van der Waals surface area contributed by atoms with Crippen molar-refractivity contribution in [2.24, 2.45) is 14.1 Å². The van der Waals surface area contributed by atoms with Gasteiger partial charge in [0.05, 0.1) is 17.4 Å². The number of carbonyl (C=O) groups excluding carboxylic acids is 1. The molecule has 1 amide bonds. The van der Waals surface area contributed by atoms with Crippen LogP contribution in [-0.2, 0) is 25.4 Å². The predicted molar refractivity (Wildman–Crippen MR) is 120 cm³/mol. The molecule has 3 aromatic heterocycles. The van der Waals surface area contributed by atoms with Crippen LogP contribution in [0.2, 0.25) is 0 Å². The van der Waals surface area contributed by atoms with E-state index in [0.29, 0.717) is 11.5 Å². The van der Waals surface area contributed by atoms with E-state index in [-0.39, 0.29) is 23.6 Å². The van der Waals surface area contributed by atoms with Gasteiger partial charge in [0.2, 0.25) is 5.91 Å². The molecule has 0 aliphatic carbocycles. The molecule has 5 aromatic rings. The average molecular weight is 429 g/mol. The van der Waals surface area contributed by atoms with Crippen LogP contribution in [0.4, 0.5) is 5.69 Å². The number of nitrogens with one attached hydrogen (secondary N) is 2. The zero-order valence-electron chi connectivity index (χ0n) is 17.4. The maximum absolute atomic E-state index is 12.7. The van der Waals surface area contributed by atoms with Crippen molar-refractivity contribution in [3.63, 3.8) is 0 Å². The molecule has 160 valence electrons. The summed E-state index contributed by atoms with van der Waals surface area (Å²) in [6, 6.07) is 15.1. The molecule has 0 saturated carbocycles. The summed E-state index contributed by atoms with van der Waals surface area (Å²) in [7, 11) is 2.93. The van der Waals surface area contributed by atoms with Crippen LogP contribution in [0.25, 0.3) is 33.6 Å². The number of hydrogen-bond donors (Lipinski definition) is 2. The number of imidazole rings is 2. The van der Waals surface area contributed by atoms with E-state index < -0.39 is 11.2 Å². The number of fused-ring (bicyclic) bond motifs is 2. The van der Waals surface area contributed by atoms with Gasteiger partial charge in [-0.2, -0.15) is 0 Å². The standard InChI is InChI=1S/C22H19N7O3/c1-27-20-18(21(31)28(2)22(27)32)29(12-23-20)11-17(30)24-14-7-5-6-13(10-14)19-25-15-8-3-4-9-16(15)26-19/h3-10,12H,11H2,1-2H3,(H,24,30)(H,25,26). The molecule has 0 bridgehead atoms. The Balaban J connectivity index is 1.41. The predicted octanol–water partition coefficient (Wildman–Crippen LogP) is 1.62. The summed E-state index contributed by atoms with van der Waals surface area (Å²) >= 11 is 0. The normalized spacial score (nSPS) is 11.3. The van der Waals surface area contributed by atoms with Crippen molar-refractivity contribution in [3.8, 4) is 11.4 Å². The molecule has 0 aliphatic rings. The Morgan fingerprint density at radius 1 is 1.06 bits per heavy atom. The van der Waals surface area contributed by atoms with Gasteiger partial charge in [0, 0.05) is 25.3 Å². The minimum Gasteiger partial charge on any atom is -0.338 e. The smallest absolute Gasteiger partial charge is 0.332 e. The fraction of sp³-hybridized carbons (Fsp3) is 0.136. The molecule has 0 unspecified atom stereocenters. The van der Waals surface area contributed by atoms with Crippen LogP contribution >= 0.6 is 0 Å². The maximum atomic E-state index is 12.7. The molecule has 0 fully saturated rings. The molecule has 10 nitrogen and oxygen atoms in total. The Kier molecular flexibility index (Phi) is 4.47. The van der Waals surface area contributed by atoms with Gasteiger partial charge >= 0.3 is 5.69 Å². The monoisotopic (exact) mass is 429 g/mol. The van der Waals surface area contributed by atoms with Crippen LogP contribution < -0.4 is 16.6 Å². The van der Waals surface area contributed by atoms with E-state index in [9.17, 15) is 14.4 Å². The number of rotatable bonds is 4. The SMILES string of the molecule is Cn1c(=O)c2c(ncn2CC(=O)Nc2cccc(-c3nc4ccccc4[nH]3)c2)n(C)c1=O. The second-order valence-corrected chi connectivity index (χ2v) is 7.48. The van der Waals surface area contributed by atoms with Gasteiger partial charge in [-0.3, -0.25) is 18.7 Å². The fourth-order valence-electron chi connectivity index (χ4n) is 3.71. The van der Waals surface area contributed by atoms with Crippen LogP contribution in [0.5, 0.6) is 0 Å². The summed E-state index contributed by atoms with van der Waals surface area (Å²) in [5.74, 6) is 0.370. The molecule has 10 heteroatoms. The number of para-hydroxylation sites is 2. The van der Waals surface area contributed by atoms with Crippen LogP contribution in [0.15, 0.2) is 64.4 Å². The third-order valence-electron chi connectivity index (χ3n) is 5.34. The van der Waals surface area contributed by atoms with Gasteiger partial charge in [0.1, 0.15) is 12.4 Å². The number of anilines is 1. The quantitative estimate of drug-likeness (QED) is 0.450. The second kappa shape index (κ2) is 7.34. The Bertz CT molecular complexity index is 1590. The zero-order valence-corrected chi connectivity index (χ0v) is 17.4. The molecule has 0 spiro atoms. The summed E-state index contributed by atoms with van der Waals surface area (Å²) in [4.78, 5) is 49.3. The molecule has 0 radical (unpaired) electrons. The number of benzene rings is 2. The number of nitrogens with zero attached hydrogens (tertiary/aromatic N) is 5. The highest BCUT2D eigenvalue weighted by Crippen LogP contribution is 2.23. The summed E-state index contributed by atoms with van der Waals surface area (Å²) in [5, 5.41) is 2.84. The summed E-state index contributed by atoms with van der Waals surface area (Å²) in [5.41, 5.74) is 2.67. The molecule has 0 atom stereocenters. The third kappa shape index (κ3) is 3.18. The largest absolute Gasteiger partial charge is 0.338 e. The summed E-state index contributed by atoms with van der Waals surface area (Å²) in [6.07, 6.45) is 1.38. The lowest BCUT2D eigenvalue weighted by atomic mass is 10.2. The molecule has 32 heavy (non-hydrogen) atoms. The third-order valence-corrected chi connectivity index (χ3v) is 5.34. The molecule has 0 aliphatic heterocycles. The topological polar surface area (TPSA) is 120 Å². The van der Waals surface area contributed by atoms with E-state index in [1.54, 1.807) is 6.07 Å². The number of carbonyl (C=O) groups is 1. The maximum Gasteiger partial charge on any atom is 0.332 e. The van der Waals surface area contributed by atoms with E-state index in [0.717, 1.165) is 21.2 Å². The van der Waals surface area contributed by atoms with Gasteiger partial charge in [0.15, 0.2) is 11.2 Å². The first-order chi connectivity index (χ1) is 15.4. The highest BCUT2D eigenvalue weighted by atomic mass is 16.2. The van der Waals surface area contributed by atoms with Crippen molar-refractivity contribution in [3.05, 3.63) is 75.7 Å². The number of amides is 1. The zero-order chi connectivity index (χ0) is 22.4. The van der Waals surface area contributed by atoms with E-state index in [2.05, 4.69) is 20.3 Å². The first-order valence-corrected chi connectivity index (χ1v) is 9.88. The first-order valence-electron chi connectivity index (χ1n) is 9.88. The number of aromatic nitrogens is 6. The van der Waals surface area contributed by atoms with Crippen molar-refractivity contribution < 1.29 is 4.79 Å². The van der Waals surface area contributed by atoms with E-state index >= 15 is 0 Å². The molecular formula is C22H19N7O3. The van der Waals surface area contributed by atoms with Gasteiger partial charge in [-0.15, -0.1) is 0 Å². The van der Waals surface area contributed by atoms with Crippen molar-refractivity contribution in [1.82, 2.24) is 28.7 Å². The van der Waals surface area contributed by atoms with Crippen molar-refractivity contribution in [2.75, 3.05) is 5.32 Å². The number of aryl methyl sites for hydroxylation is 1. The lowest BCUT2D eigenvalue weighted by molar-refractivity contribution is -0.116. The summed E-state index contributed by atoms with van der Waals surface area (Å²) in [6.45, 7) is -0.126.